The molecule has 1 aromatic carbocycles. The summed E-state index contributed by atoms with van der Waals surface area (Å²) in [5, 5.41) is 2.74. The van der Waals surface area contributed by atoms with Crippen LogP contribution in [0.25, 0.3) is 0 Å². The first-order valence-corrected chi connectivity index (χ1v) is 9.19. The molecule has 0 saturated carbocycles. The van der Waals surface area contributed by atoms with Crippen LogP contribution in [-0.2, 0) is 9.53 Å². The number of nitrogens with zero attached hydrogens (tertiary/aromatic N) is 2. The maximum absolute atomic E-state index is 12.4. The molecule has 0 spiro atoms. The van der Waals surface area contributed by atoms with Crippen LogP contribution in [0.3, 0.4) is 0 Å². The van der Waals surface area contributed by atoms with E-state index in [0.717, 1.165) is 10.9 Å². The van der Waals surface area contributed by atoms with Gasteiger partial charge in [0.25, 0.3) is 5.91 Å². The lowest BCUT2D eigenvalue weighted by atomic mass is 10.2. The minimum atomic E-state index is -0.287. The minimum Gasteiger partial charge on any atom is -0.439 e. The summed E-state index contributed by atoms with van der Waals surface area (Å²) in [5.74, 6) is 0.522. The second-order valence-electron chi connectivity index (χ2n) is 5.80. The molecule has 2 amide bonds. The zero-order valence-corrected chi connectivity index (χ0v) is 16.9. The Kier molecular flexibility index (Phi) is 8.22. The van der Waals surface area contributed by atoms with Gasteiger partial charge < -0.3 is 19.7 Å². The van der Waals surface area contributed by atoms with Gasteiger partial charge in [-0.1, -0.05) is 15.9 Å². The number of nitrogens with one attached hydrogen (secondary N) is 1. The number of methoxy groups -OCH3 is 1. The first-order valence-electron chi connectivity index (χ1n) is 8.40. The summed E-state index contributed by atoms with van der Waals surface area (Å²) in [5.41, 5.74) is 0.382. The molecular weight excluding hydrogens is 414 g/mol. The van der Waals surface area contributed by atoms with Crippen molar-refractivity contribution in [2.24, 2.45) is 0 Å². The number of amides is 2. The first kappa shape index (κ1) is 20.9. The molecule has 0 unspecified atom stereocenters. The summed E-state index contributed by atoms with van der Waals surface area (Å²) < 4.78 is 11.5. The number of rotatable bonds is 9. The smallest absolute Gasteiger partial charge is 0.255 e. The van der Waals surface area contributed by atoms with Crippen LogP contribution >= 0.6 is 15.9 Å². The van der Waals surface area contributed by atoms with E-state index in [1.165, 1.54) is 11.1 Å². The van der Waals surface area contributed by atoms with Gasteiger partial charge in [0.05, 0.1) is 12.1 Å². The summed E-state index contributed by atoms with van der Waals surface area (Å²) >= 11 is 3.36. The number of hydrogen-bond donors (Lipinski definition) is 1. The molecule has 2 rings (SSSR count). The van der Waals surface area contributed by atoms with E-state index in [9.17, 15) is 9.59 Å². The van der Waals surface area contributed by atoms with Crippen LogP contribution < -0.4 is 10.1 Å². The average molecular weight is 436 g/mol. The van der Waals surface area contributed by atoms with E-state index in [-0.39, 0.29) is 18.4 Å². The molecule has 0 saturated heterocycles. The SMILES string of the molecule is COCCCNC(=O)CN(C)C(=O)c1ccc(Oc2ccc(Br)cc2)nc1. The van der Waals surface area contributed by atoms with Gasteiger partial charge in [-0.25, -0.2) is 4.98 Å². The molecule has 0 fully saturated rings. The molecule has 0 atom stereocenters. The van der Waals surface area contributed by atoms with E-state index in [1.807, 2.05) is 24.3 Å². The van der Waals surface area contributed by atoms with Crippen LogP contribution in [0.2, 0.25) is 0 Å². The lowest BCUT2D eigenvalue weighted by molar-refractivity contribution is -0.121. The summed E-state index contributed by atoms with van der Waals surface area (Å²) in [6.45, 7) is 1.07. The van der Waals surface area contributed by atoms with Crippen LogP contribution in [0.15, 0.2) is 47.1 Å². The van der Waals surface area contributed by atoms with Crippen molar-refractivity contribution in [3.05, 3.63) is 52.6 Å². The van der Waals surface area contributed by atoms with Crippen molar-refractivity contribution in [2.45, 2.75) is 6.42 Å². The lowest BCUT2D eigenvalue weighted by Gasteiger charge is -2.17. The maximum Gasteiger partial charge on any atom is 0.255 e. The second-order valence-corrected chi connectivity index (χ2v) is 6.71. The molecule has 144 valence electrons. The molecule has 0 aliphatic heterocycles. The largest absolute Gasteiger partial charge is 0.439 e. The fourth-order valence-corrected chi connectivity index (χ4v) is 2.46. The third-order valence-electron chi connectivity index (χ3n) is 3.59. The Labute approximate surface area is 166 Å². The van der Waals surface area contributed by atoms with Crippen LogP contribution in [0, 0.1) is 0 Å². The first-order chi connectivity index (χ1) is 13.0. The quantitative estimate of drug-likeness (QED) is 0.612. The lowest BCUT2D eigenvalue weighted by Crippen LogP contribution is -2.38. The summed E-state index contributed by atoms with van der Waals surface area (Å²) in [6, 6.07) is 10.6. The van der Waals surface area contributed by atoms with Crippen molar-refractivity contribution in [3.63, 3.8) is 0 Å². The fraction of sp³-hybridized carbons (Fsp3) is 0.316. The number of carbonyl (C=O) groups is 2. The van der Waals surface area contributed by atoms with E-state index in [1.54, 1.807) is 26.3 Å². The molecular formula is C19H22BrN3O4. The van der Waals surface area contributed by atoms with Gasteiger partial charge in [0, 0.05) is 44.0 Å². The molecule has 0 aliphatic carbocycles. The predicted molar refractivity (Wildman–Crippen MR) is 105 cm³/mol. The van der Waals surface area contributed by atoms with Gasteiger partial charge in [-0.2, -0.15) is 0 Å². The van der Waals surface area contributed by atoms with Gasteiger partial charge in [0.15, 0.2) is 0 Å². The number of ether oxygens (including phenoxy) is 2. The van der Waals surface area contributed by atoms with Gasteiger partial charge in [-0.05, 0) is 36.8 Å². The topological polar surface area (TPSA) is 80.8 Å². The molecule has 0 radical (unpaired) electrons. The van der Waals surface area contributed by atoms with Crippen LogP contribution in [-0.4, -0.2) is 55.6 Å². The van der Waals surface area contributed by atoms with Crippen molar-refractivity contribution in [1.29, 1.82) is 0 Å². The number of benzene rings is 1. The van der Waals surface area contributed by atoms with Crippen molar-refractivity contribution in [2.75, 3.05) is 33.9 Å². The third kappa shape index (κ3) is 6.99. The Morgan fingerprint density at radius 3 is 2.56 bits per heavy atom. The standard InChI is InChI=1S/C19H22BrN3O4/c1-23(13-17(24)21-10-3-11-26-2)19(25)14-4-9-18(22-12-14)27-16-7-5-15(20)6-8-16/h4-9,12H,3,10-11,13H2,1-2H3,(H,21,24). The highest BCUT2D eigenvalue weighted by Crippen LogP contribution is 2.21. The average Bonchev–Trinajstić information content (AvgIpc) is 2.67. The van der Waals surface area contributed by atoms with Crippen LogP contribution in [0.4, 0.5) is 0 Å². The second kappa shape index (κ2) is 10.6. The number of likely N-dealkylation sites (N-methyl/N-ethyl adjacent to an activating group) is 1. The molecule has 1 heterocycles. The van der Waals surface area contributed by atoms with E-state index >= 15 is 0 Å². The van der Waals surface area contributed by atoms with Crippen LogP contribution in [0.1, 0.15) is 16.8 Å². The van der Waals surface area contributed by atoms with Crippen molar-refractivity contribution >= 4 is 27.7 Å². The van der Waals surface area contributed by atoms with Crippen molar-refractivity contribution < 1.29 is 19.1 Å². The Morgan fingerprint density at radius 2 is 1.93 bits per heavy atom. The highest BCUT2D eigenvalue weighted by Gasteiger charge is 2.15. The van der Waals surface area contributed by atoms with Gasteiger partial charge in [-0.3, -0.25) is 9.59 Å². The molecule has 1 N–H and O–H groups in total. The summed E-state index contributed by atoms with van der Waals surface area (Å²) in [6.07, 6.45) is 2.16. The highest BCUT2D eigenvalue weighted by molar-refractivity contribution is 9.10. The number of hydrogen-bond acceptors (Lipinski definition) is 5. The molecule has 0 aliphatic rings. The van der Waals surface area contributed by atoms with Gasteiger partial charge in [0.1, 0.15) is 5.75 Å². The molecule has 2 aromatic rings. The van der Waals surface area contributed by atoms with Gasteiger partial charge >= 0.3 is 0 Å². The molecule has 0 bridgehead atoms. The zero-order chi connectivity index (χ0) is 19.6. The maximum atomic E-state index is 12.4. The Balaban J connectivity index is 1.86. The molecule has 1 aromatic heterocycles. The molecule has 7 nitrogen and oxygen atoms in total. The van der Waals surface area contributed by atoms with E-state index in [0.29, 0.717) is 30.3 Å². The number of carbonyl (C=O) groups excluding carboxylic acids is 2. The number of pyridine rings is 1. The minimum absolute atomic E-state index is 0.0248. The summed E-state index contributed by atoms with van der Waals surface area (Å²) in [4.78, 5) is 29.8. The fourth-order valence-electron chi connectivity index (χ4n) is 2.20. The molecule has 8 heteroatoms. The van der Waals surface area contributed by atoms with Crippen molar-refractivity contribution in [3.8, 4) is 11.6 Å². The van der Waals surface area contributed by atoms with Crippen molar-refractivity contribution in [1.82, 2.24) is 15.2 Å². The molecule has 27 heavy (non-hydrogen) atoms. The Bertz CT molecular complexity index is 751. The van der Waals surface area contributed by atoms with Gasteiger partial charge in [-0.15, -0.1) is 0 Å². The summed E-state index contributed by atoms with van der Waals surface area (Å²) in [7, 11) is 3.18. The van der Waals surface area contributed by atoms with E-state index in [4.69, 9.17) is 9.47 Å². The van der Waals surface area contributed by atoms with E-state index in [2.05, 4.69) is 26.2 Å². The van der Waals surface area contributed by atoms with Crippen LogP contribution in [0.5, 0.6) is 11.6 Å². The highest BCUT2D eigenvalue weighted by atomic mass is 79.9. The predicted octanol–water partition coefficient (Wildman–Crippen LogP) is 2.86. The number of aromatic nitrogens is 1. The normalized spacial score (nSPS) is 10.3. The van der Waals surface area contributed by atoms with E-state index < -0.39 is 0 Å². The third-order valence-corrected chi connectivity index (χ3v) is 4.12. The van der Waals surface area contributed by atoms with Gasteiger partial charge in [0.2, 0.25) is 11.8 Å². The zero-order valence-electron chi connectivity index (χ0n) is 15.3. The monoisotopic (exact) mass is 435 g/mol. The Morgan fingerprint density at radius 1 is 1.19 bits per heavy atom. The Hall–Kier alpha value is -2.45. The number of halogens is 1.